The summed E-state index contributed by atoms with van der Waals surface area (Å²) >= 11 is 1.47. The van der Waals surface area contributed by atoms with E-state index in [2.05, 4.69) is 14.7 Å². The highest BCUT2D eigenvalue weighted by Gasteiger charge is 2.08. The molecule has 0 aliphatic carbocycles. The molecule has 1 N–H and O–H groups in total. The number of esters is 1. The number of carbonyl (C=O) groups excluding carboxylic acids is 1. The zero-order chi connectivity index (χ0) is 10.7. The second-order valence-electron chi connectivity index (χ2n) is 2.98. The molecule has 0 aliphatic rings. The summed E-state index contributed by atoms with van der Waals surface area (Å²) in [6.45, 7) is 0. The maximum atomic E-state index is 11.0. The molecular weight excluding hydrogens is 212 g/mol. The Balaban J connectivity index is 2.14. The number of aromatic amines is 1. The number of methoxy groups -OCH3 is 1. The van der Waals surface area contributed by atoms with Gasteiger partial charge in [0.05, 0.1) is 19.2 Å². The third-order valence-electron chi connectivity index (χ3n) is 1.97. The summed E-state index contributed by atoms with van der Waals surface area (Å²) < 4.78 is 4.58. The Morgan fingerprint density at radius 1 is 1.67 bits per heavy atom. The van der Waals surface area contributed by atoms with Crippen LogP contribution in [0, 0.1) is 0 Å². The molecule has 0 aromatic carbocycles. The van der Waals surface area contributed by atoms with Crippen molar-refractivity contribution in [2.45, 2.75) is 6.42 Å². The molecule has 15 heavy (non-hydrogen) atoms. The van der Waals surface area contributed by atoms with Crippen LogP contribution in [0.4, 0.5) is 0 Å². The molecule has 0 fully saturated rings. The van der Waals surface area contributed by atoms with Gasteiger partial charge in [-0.1, -0.05) is 0 Å². The van der Waals surface area contributed by atoms with Gasteiger partial charge in [-0.2, -0.15) is 0 Å². The second kappa shape index (κ2) is 4.27. The molecular formula is C10H10N2O2S. The average molecular weight is 222 g/mol. The van der Waals surface area contributed by atoms with Crippen molar-refractivity contribution in [1.82, 2.24) is 9.97 Å². The highest BCUT2D eigenvalue weighted by Crippen LogP contribution is 2.21. The van der Waals surface area contributed by atoms with Gasteiger partial charge in [-0.3, -0.25) is 4.79 Å². The lowest BCUT2D eigenvalue weighted by atomic mass is 10.3. The van der Waals surface area contributed by atoms with Crippen LogP contribution < -0.4 is 0 Å². The first-order valence-corrected chi connectivity index (χ1v) is 5.32. The van der Waals surface area contributed by atoms with Crippen LogP contribution in [0.1, 0.15) is 5.01 Å². The highest BCUT2D eigenvalue weighted by molar-refractivity contribution is 7.10. The van der Waals surface area contributed by atoms with Crippen LogP contribution in [0.2, 0.25) is 0 Å². The summed E-state index contributed by atoms with van der Waals surface area (Å²) in [6, 6.07) is 1.94. The van der Waals surface area contributed by atoms with Gasteiger partial charge < -0.3 is 9.72 Å². The van der Waals surface area contributed by atoms with Gasteiger partial charge >= 0.3 is 5.97 Å². The highest BCUT2D eigenvalue weighted by atomic mass is 32.1. The van der Waals surface area contributed by atoms with Crippen molar-refractivity contribution in [2.75, 3.05) is 7.11 Å². The Morgan fingerprint density at radius 2 is 2.53 bits per heavy atom. The Kier molecular flexibility index (Phi) is 2.82. The molecule has 0 unspecified atom stereocenters. The minimum atomic E-state index is -0.259. The maximum Gasteiger partial charge on any atom is 0.312 e. The predicted molar refractivity (Wildman–Crippen MR) is 57.6 cm³/mol. The van der Waals surface area contributed by atoms with Crippen LogP contribution in [0.5, 0.6) is 0 Å². The number of carbonyl (C=O) groups is 1. The molecule has 4 nitrogen and oxygen atoms in total. The molecule has 0 spiro atoms. The molecule has 2 aromatic rings. The molecule has 0 radical (unpaired) electrons. The minimum Gasteiger partial charge on any atom is -0.469 e. The van der Waals surface area contributed by atoms with E-state index in [0.29, 0.717) is 0 Å². The molecule has 0 amide bonds. The van der Waals surface area contributed by atoms with Crippen LogP contribution in [0.25, 0.3) is 11.3 Å². The van der Waals surface area contributed by atoms with Crippen LogP contribution in [-0.2, 0) is 16.0 Å². The maximum absolute atomic E-state index is 11.0. The molecule has 2 rings (SSSR count). The Labute approximate surface area is 90.9 Å². The van der Waals surface area contributed by atoms with E-state index < -0.39 is 0 Å². The first-order chi connectivity index (χ1) is 7.29. The number of nitrogens with one attached hydrogen (secondary N) is 1. The normalized spacial score (nSPS) is 10.2. The van der Waals surface area contributed by atoms with E-state index in [1.807, 2.05) is 23.8 Å². The Morgan fingerprint density at radius 3 is 3.20 bits per heavy atom. The van der Waals surface area contributed by atoms with Crippen molar-refractivity contribution >= 4 is 17.3 Å². The van der Waals surface area contributed by atoms with E-state index in [4.69, 9.17) is 0 Å². The quantitative estimate of drug-likeness (QED) is 0.806. The fourth-order valence-corrected chi connectivity index (χ4v) is 1.99. The molecule has 78 valence electrons. The summed E-state index contributed by atoms with van der Waals surface area (Å²) in [5, 5.41) is 2.71. The number of nitrogens with zero attached hydrogens (tertiary/aromatic N) is 1. The van der Waals surface area contributed by atoms with E-state index in [1.54, 1.807) is 0 Å². The van der Waals surface area contributed by atoms with Crippen molar-refractivity contribution in [3.63, 3.8) is 0 Å². The van der Waals surface area contributed by atoms with Gasteiger partial charge in [-0.25, -0.2) is 4.98 Å². The largest absolute Gasteiger partial charge is 0.469 e. The fourth-order valence-electron chi connectivity index (χ4n) is 1.20. The zero-order valence-corrected chi connectivity index (χ0v) is 9.00. The molecule has 0 atom stereocenters. The van der Waals surface area contributed by atoms with Gasteiger partial charge in [0.1, 0.15) is 5.01 Å². The van der Waals surface area contributed by atoms with Crippen molar-refractivity contribution in [3.05, 3.63) is 28.8 Å². The minimum absolute atomic E-state index is 0.242. The third kappa shape index (κ3) is 2.24. The number of H-pyrrole nitrogens is 1. The number of hydrogen-bond donors (Lipinski definition) is 1. The second-order valence-corrected chi connectivity index (χ2v) is 3.92. The average Bonchev–Trinajstić information content (AvgIpc) is 2.85. The number of hydrogen-bond acceptors (Lipinski definition) is 4. The topological polar surface area (TPSA) is 55.0 Å². The van der Waals surface area contributed by atoms with E-state index in [-0.39, 0.29) is 12.4 Å². The molecule has 2 heterocycles. The molecule has 0 aliphatic heterocycles. The van der Waals surface area contributed by atoms with E-state index in [9.17, 15) is 4.79 Å². The van der Waals surface area contributed by atoms with Crippen molar-refractivity contribution in [1.29, 1.82) is 0 Å². The first-order valence-electron chi connectivity index (χ1n) is 4.44. The molecule has 5 heteroatoms. The smallest absolute Gasteiger partial charge is 0.312 e. The van der Waals surface area contributed by atoms with Gasteiger partial charge in [-0.05, 0) is 6.07 Å². The standard InChI is InChI=1S/C10H10N2O2S/c1-14-10(13)4-9-12-8(6-15-9)7-2-3-11-5-7/h2-3,5-6,11H,4H2,1H3. The lowest BCUT2D eigenvalue weighted by molar-refractivity contribution is -0.139. The van der Waals surface area contributed by atoms with Crippen LogP contribution >= 0.6 is 11.3 Å². The first kappa shape index (κ1) is 9.92. The van der Waals surface area contributed by atoms with Crippen molar-refractivity contribution < 1.29 is 9.53 Å². The lowest BCUT2D eigenvalue weighted by Gasteiger charge is -1.93. The summed E-state index contributed by atoms with van der Waals surface area (Å²) in [7, 11) is 1.38. The van der Waals surface area contributed by atoms with Crippen molar-refractivity contribution in [3.8, 4) is 11.3 Å². The van der Waals surface area contributed by atoms with E-state index >= 15 is 0 Å². The lowest BCUT2D eigenvalue weighted by Crippen LogP contribution is -2.03. The van der Waals surface area contributed by atoms with Crippen LogP contribution in [-0.4, -0.2) is 23.0 Å². The molecule has 2 aromatic heterocycles. The van der Waals surface area contributed by atoms with E-state index in [0.717, 1.165) is 16.3 Å². The van der Waals surface area contributed by atoms with Crippen molar-refractivity contribution in [2.24, 2.45) is 0 Å². The third-order valence-corrected chi connectivity index (χ3v) is 2.82. The van der Waals surface area contributed by atoms with Gasteiger partial charge in [0.25, 0.3) is 0 Å². The molecule has 0 saturated heterocycles. The Hall–Kier alpha value is -1.62. The van der Waals surface area contributed by atoms with Crippen LogP contribution in [0.3, 0.4) is 0 Å². The molecule has 0 bridgehead atoms. The molecule has 0 saturated carbocycles. The van der Waals surface area contributed by atoms with E-state index in [1.165, 1.54) is 18.4 Å². The number of ether oxygens (including phenoxy) is 1. The number of rotatable bonds is 3. The fraction of sp³-hybridized carbons (Fsp3) is 0.200. The van der Waals surface area contributed by atoms with Gasteiger partial charge in [-0.15, -0.1) is 11.3 Å². The van der Waals surface area contributed by atoms with Gasteiger partial charge in [0.15, 0.2) is 0 Å². The summed E-state index contributed by atoms with van der Waals surface area (Å²) in [5.74, 6) is -0.259. The number of thiazole rings is 1. The van der Waals surface area contributed by atoms with Gasteiger partial charge in [0, 0.05) is 23.3 Å². The van der Waals surface area contributed by atoms with Crippen LogP contribution in [0.15, 0.2) is 23.8 Å². The SMILES string of the molecule is COC(=O)Cc1nc(-c2cc[nH]c2)cs1. The summed E-state index contributed by atoms with van der Waals surface area (Å²) in [4.78, 5) is 18.3. The Bertz CT molecular complexity index is 448. The number of aromatic nitrogens is 2. The zero-order valence-electron chi connectivity index (χ0n) is 8.19. The summed E-state index contributed by atoms with van der Waals surface area (Å²) in [6.07, 6.45) is 3.96. The van der Waals surface area contributed by atoms with Gasteiger partial charge in [0.2, 0.25) is 0 Å². The monoisotopic (exact) mass is 222 g/mol. The predicted octanol–water partition coefficient (Wildman–Crippen LogP) is 1.85. The summed E-state index contributed by atoms with van der Waals surface area (Å²) in [5.41, 5.74) is 1.92.